The van der Waals surface area contributed by atoms with Crippen LogP contribution in [0.4, 0.5) is 9.59 Å². The van der Waals surface area contributed by atoms with E-state index in [0.717, 1.165) is 0 Å². The standard InChI is InChI=1S/C6H10N2O3.C5H10N2O2.2C2H6.2CH4.2Ar/c1-8-3-5(2-7-4-9)11-6(8)10;1-7-3-4(2-6)9-5(7)8;2*1-2;;;;/h4-5H,2-3H2,1H3,(H,7,9);4H,2-3,6H2,1H3;2*1-2H3;2*1H4;;. The molecular formula is C17H40Ar2N4O5. The Morgan fingerprint density at radius 1 is 0.964 bits per heavy atom. The molecule has 0 aromatic carbocycles. The maximum Gasteiger partial charge on any atom is 0.410 e. The third-order valence-electron chi connectivity index (χ3n) is 2.81. The SMILES string of the molecule is C.C.CC.CC.CN1CC(CN)OC1=O.CN1CC(CNC=O)OC1=O.[Ar].[Ar]. The molecule has 2 unspecified atom stereocenters. The minimum Gasteiger partial charge on any atom is -0.443 e. The molecule has 3 N–H and O–H groups in total. The maximum absolute atomic E-state index is 10.7. The van der Waals surface area contributed by atoms with Crippen LogP contribution in [0.5, 0.6) is 0 Å². The van der Waals surface area contributed by atoms with Gasteiger partial charge in [-0.05, 0) is 0 Å². The van der Waals surface area contributed by atoms with Crippen molar-refractivity contribution in [3.8, 4) is 0 Å². The summed E-state index contributed by atoms with van der Waals surface area (Å²) in [5.74, 6) is 0. The van der Waals surface area contributed by atoms with Crippen molar-refractivity contribution in [2.45, 2.75) is 54.8 Å². The van der Waals surface area contributed by atoms with Gasteiger partial charge in [0.05, 0.1) is 19.6 Å². The Labute approximate surface area is 231 Å². The van der Waals surface area contributed by atoms with Crippen molar-refractivity contribution >= 4 is 18.6 Å². The molecule has 2 heterocycles. The molecule has 3 amide bonds. The van der Waals surface area contributed by atoms with Crippen molar-refractivity contribution in [1.29, 1.82) is 0 Å². The van der Waals surface area contributed by atoms with E-state index >= 15 is 0 Å². The molecule has 9 nitrogen and oxygen atoms in total. The average Bonchev–Trinajstić information content (AvgIpc) is 3.11. The number of nitrogens with zero attached hydrogens (tertiary/aromatic N) is 2. The zero-order chi connectivity index (χ0) is 19.1. The van der Waals surface area contributed by atoms with Gasteiger partial charge < -0.3 is 30.3 Å². The van der Waals surface area contributed by atoms with Gasteiger partial charge in [-0.3, -0.25) is 4.79 Å². The Morgan fingerprint density at radius 3 is 1.54 bits per heavy atom. The molecule has 2 fully saturated rings. The quantitative estimate of drug-likeness (QED) is 0.620. The number of carbonyl (C=O) groups excluding carboxylic acids is 3. The second kappa shape index (κ2) is 27.5. The van der Waals surface area contributed by atoms with Crippen molar-refractivity contribution < 1.29 is 99.3 Å². The van der Waals surface area contributed by atoms with Crippen LogP contribution in [0, 0.1) is 75.5 Å². The van der Waals surface area contributed by atoms with Crippen LogP contribution in [-0.4, -0.2) is 80.9 Å². The van der Waals surface area contributed by atoms with E-state index in [1.54, 1.807) is 14.1 Å². The summed E-state index contributed by atoms with van der Waals surface area (Å²) >= 11 is 0. The number of amides is 3. The number of ether oxygens (including phenoxy) is 2. The first-order chi connectivity index (χ1) is 11.5. The zero-order valence-electron chi connectivity index (χ0n) is 16.3. The van der Waals surface area contributed by atoms with E-state index < -0.39 is 0 Å². The number of cyclic esters (lactones) is 2. The van der Waals surface area contributed by atoms with E-state index in [0.29, 0.717) is 32.6 Å². The van der Waals surface area contributed by atoms with Crippen LogP contribution < -0.4 is 11.1 Å². The number of rotatable bonds is 4. The van der Waals surface area contributed by atoms with E-state index in [2.05, 4.69) is 5.32 Å². The fourth-order valence-corrected chi connectivity index (χ4v) is 1.71. The Hall–Kier alpha value is 0.489. The van der Waals surface area contributed by atoms with E-state index in [-0.39, 0.29) is 115 Å². The van der Waals surface area contributed by atoms with Gasteiger partial charge in [0.15, 0.2) is 0 Å². The summed E-state index contributed by atoms with van der Waals surface area (Å²) in [6, 6.07) is 0. The summed E-state index contributed by atoms with van der Waals surface area (Å²) in [6.45, 7) is 9.96. The predicted octanol–water partition coefficient (Wildman–Crippen LogP) is 1.90. The minimum absolute atomic E-state index is 0. The third kappa shape index (κ3) is 18.5. The fourth-order valence-electron chi connectivity index (χ4n) is 1.71. The summed E-state index contributed by atoms with van der Waals surface area (Å²) in [6.07, 6.45) is -0.306. The topological polar surface area (TPSA) is 114 Å². The number of likely N-dealkylation sites (N-methyl/N-ethyl adjacent to an activating group) is 2. The van der Waals surface area contributed by atoms with Crippen molar-refractivity contribution in [3.05, 3.63) is 0 Å². The molecule has 174 valence electrons. The largest absolute Gasteiger partial charge is 0.443 e. The van der Waals surface area contributed by atoms with Crippen molar-refractivity contribution in [2.75, 3.05) is 40.3 Å². The molecule has 2 saturated heterocycles. The van der Waals surface area contributed by atoms with E-state index in [1.807, 2.05) is 27.7 Å². The number of nitrogens with two attached hydrogens (primary N) is 1. The van der Waals surface area contributed by atoms with Gasteiger partial charge in [-0.1, -0.05) is 42.5 Å². The van der Waals surface area contributed by atoms with Gasteiger partial charge in [0.25, 0.3) is 0 Å². The Balaban J connectivity index is -0.0000000659. The Kier molecular flexibility index (Phi) is 41.8. The molecule has 2 aliphatic heterocycles. The zero-order valence-corrected chi connectivity index (χ0v) is 17.7. The fraction of sp³-hybridized carbons (Fsp3) is 0.824. The van der Waals surface area contributed by atoms with E-state index in [9.17, 15) is 14.4 Å². The summed E-state index contributed by atoms with van der Waals surface area (Å²) in [7, 11) is 3.35. The monoisotopic (exact) mass is 460 g/mol. The number of nitrogens with one attached hydrogen (secondary N) is 1. The van der Waals surface area contributed by atoms with Gasteiger partial charge in [-0.15, -0.1) is 0 Å². The summed E-state index contributed by atoms with van der Waals surface area (Å²) in [5, 5.41) is 2.45. The van der Waals surface area contributed by atoms with Gasteiger partial charge in [0, 0.05) is 96.1 Å². The molecule has 0 radical (unpaired) electrons. The molecular weight excluding hydrogens is 420 g/mol. The van der Waals surface area contributed by atoms with E-state index in [4.69, 9.17) is 15.2 Å². The van der Waals surface area contributed by atoms with Gasteiger partial charge in [0.2, 0.25) is 6.41 Å². The molecule has 0 saturated carbocycles. The first-order valence-corrected chi connectivity index (χ1v) is 8.18. The number of hydrogen-bond donors (Lipinski definition) is 2. The van der Waals surface area contributed by atoms with Crippen LogP contribution in [0.2, 0.25) is 0 Å². The second-order valence-electron chi connectivity index (χ2n) is 4.53. The summed E-state index contributed by atoms with van der Waals surface area (Å²) in [5.41, 5.74) is 5.25. The van der Waals surface area contributed by atoms with Gasteiger partial charge >= 0.3 is 12.2 Å². The normalized spacial score (nSPS) is 18.1. The first-order valence-electron chi connectivity index (χ1n) is 8.18. The van der Waals surface area contributed by atoms with Crippen LogP contribution in [0.3, 0.4) is 0 Å². The van der Waals surface area contributed by atoms with Crippen molar-refractivity contribution in [1.82, 2.24) is 15.1 Å². The van der Waals surface area contributed by atoms with Crippen molar-refractivity contribution in [2.24, 2.45) is 5.73 Å². The molecule has 0 spiro atoms. The smallest absolute Gasteiger partial charge is 0.410 e. The summed E-state index contributed by atoms with van der Waals surface area (Å²) in [4.78, 5) is 34.2. The molecule has 2 rings (SSSR count). The molecule has 0 bridgehead atoms. The molecule has 11 heteroatoms. The van der Waals surface area contributed by atoms with Gasteiger partial charge in [-0.2, -0.15) is 0 Å². The Morgan fingerprint density at radius 2 is 1.32 bits per heavy atom. The summed E-state index contributed by atoms with van der Waals surface area (Å²) < 4.78 is 9.63. The molecule has 2 atom stereocenters. The van der Waals surface area contributed by atoms with E-state index in [1.165, 1.54) is 9.80 Å². The number of carbonyl (C=O) groups is 3. The Bertz CT molecular complexity index is 379. The second-order valence-corrected chi connectivity index (χ2v) is 4.53. The molecule has 0 aromatic heterocycles. The number of hydrogen-bond acceptors (Lipinski definition) is 6. The van der Waals surface area contributed by atoms with Crippen LogP contribution in [0.1, 0.15) is 42.5 Å². The van der Waals surface area contributed by atoms with Crippen LogP contribution in [0.25, 0.3) is 0 Å². The molecule has 0 aromatic rings. The van der Waals surface area contributed by atoms with Crippen LogP contribution in [-0.2, 0) is 14.3 Å². The first kappa shape index (κ1) is 42.6. The predicted molar refractivity (Wildman–Crippen MR) is 105 cm³/mol. The average molecular weight is 460 g/mol. The molecule has 0 aliphatic carbocycles. The van der Waals surface area contributed by atoms with Crippen LogP contribution >= 0.6 is 0 Å². The van der Waals surface area contributed by atoms with Crippen molar-refractivity contribution in [3.63, 3.8) is 0 Å². The van der Waals surface area contributed by atoms with Gasteiger partial charge in [0.1, 0.15) is 12.2 Å². The van der Waals surface area contributed by atoms with Crippen LogP contribution in [0.15, 0.2) is 0 Å². The third-order valence-corrected chi connectivity index (χ3v) is 2.81. The maximum atomic E-state index is 10.7. The minimum atomic E-state index is -0.331. The molecule has 2 aliphatic rings. The van der Waals surface area contributed by atoms with Gasteiger partial charge in [-0.25, -0.2) is 9.59 Å². The molecule has 28 heavy (non-hydrogen) atoms.